The van der Waals surface area contributed by atoms with Crippen LogP contribution >= 0.6 is 0 Å². The molecule has 2 aromatic heterocycles. The zero-order valence-electron chi connectivity index (χ0n) is 20.0. The summed E-state index contributed by atoms with van der Waals surface area (Å²) in [5.74, 6) is 2.32. The molecule has 0 amide bonds. The molecule has 180 valence electrons. The molecule has 0 unspecified atom stereocenters. The number of rotatable bonds is 10. The summed E-state index contributed by atoms with van der Waals surface area (Å²) in [7, 11) is 0. The van der Waals surface area contributed by atoms with E-state index in [-0.39, 0.29) is 0 Å². The Morgan fingerprint density at radius 2 is 1.91 bits per heavy atom. The minimum Gasteiger partial charge on any atom is -0.493 e. The molecule has 6 rings (SSSR count). The van der Waals surface area contributed by atoms with Crippen molar-refractivity contribution >= 4 is 11.0 Å². The van der Waals surface area contributed by atoms with Crippen LogP contribution in [0.2, 0.25) is 0 Å². The third-order valence-corrected chi connectivity index (χ3v) is 8.24. The van der Waals surface area contributed by atoms with E-state index in [4.69, 9.17) is 15.0 Å². The Labute approximate surface area is 201 Å². The van der Waals surface area contributed by atoms with Crippen LogP contribution in [0.5, 0.6) is 5.75 Å². The van der Waals surface area contributed by atoms with Gasteiger partial charge in [-0.15, -0.1) is 0 Å². The zero-order valence-corrected chi connectivity index (χ0v) is 20.0. The second-order valence-electron chi connectivity index (χ2n) is 10.8. The Hall–Kier alpha value is -2.44. The van der Waals surface area contributed by atoms with Gasteiger partial charge in [0.1, 0.15) is 5.75 Å². The number of ether oxygens (including phenoxy) is 1. The van der Waals surface area contributed by atoms with E-state index in [1.165, 1.54) is 63.7 Å². The summed E-state index contributed by atoms with van der Waals surface area (Å²) in [4.78, 5) is 7.32. The fraction of sp³-hybridized carbons (Fsp3) is 0.571. The first-order valence-corrected chi connectivity index (χ1v) is 13.1. The second-order valence-corrected chi connectivity index (χ2v) is 10.8. The summed E-state index contributed by atoms with van der Waals surface area (Å²) in [5.41, 5.74) is 10.5. The lowest BCUT2D eigenvalue weighted by molar-refractivity contribution is 0.165. The third kappa shape index (κ3) is 4.58. The first-order chi connectivity index (χ1) is 16.7. The fourth-order valence-corrected chi connectivity index (χ4v) is 5.62. The zero-order chi connectivity index (χ0) is 23.0. The average molecular weight is 461 g/mol. The van der Waals surface area contributed by atoms with Crippen molar-refractivity contribution in [3.05, 3.63) is 53.5 Å². The number of benzene rings is 1. The summed E-state index contributed by atoms with van der Waals surface area (Å²) in [6, 6.07) is 10.5. The number of hydrogen-bond acceptors (Lipinski definition) is 6. The molecule has 1 aliphatic heterocycles. The molecular weight excluding hydrogens is 424 g/mol. The van der Waals surface area contributed by atoms with Crippen LogP contribution in [0.3, 0.4) is 0 Å². The van der Waals surface area contributed by atoms with Crippen molar-refractivity contribution in [2.24, 2.45) is 17.6 Å². The molecule has 0 radical (unpaired) electrons. The number of piperidine rings is 1. The van der Waals surface area contributed by atoms with Crippen LogP contribution in [0.1, 0.15) is 61.9 Å². The van der Waals surface area contributed by atoms with E-state index < -0.39 is 0 Å². The smallest absolute Gasteiger partial charge is 0.175 e. The second kappa shape index (κ2) is 9.31. The molecule has 3 fully saturated rings. The molecule has 3 aromatic rings. The van der Waals surface area contributed by atoms with Gasteiger partial charge in [-0.1, -0.05) is 11.2 Å². The number of nitrogens with two attached hydrogens (primary N) is 1. The van der Waals surface area contributed by atoms with Crippen LogP contribution < -0.4 is 10.5 Å². The van der Waals surface area contributed by atoms with Gasteiger partial charge in [-0.2, -0.15) is 0 Å². The van der Waals surface area contributed by atoms with E-state index in [2.05, 4.69) is 39.3 Å². The molecule has 2 N–H and O–H groups in total. The lowest BCUT2D eigenvalue weighted by atomic mass is 9.90. The van der Waals surface area contributed by atoms with E-state index in [1.807, 2.05) is 12.3 Å². The van der Waals surface area contributed by atoms with Gasteiger partial charge in [-0.25, -0.2) is 0 Å². The standard InChI is InChI=1S/C28H36N4O2/c29-17-23-25(33-18-21-4-5-21)9-7-22-24(31-34-27(22)23)8-6-20-10-15-32(16-11-20)19-28(12-13-28)26-3-1-2-14-30-26/h1-3,7,9,14,20-21H,4-6,8,10-13,15-19,29H2. The highest BCUT2D eigenvalue weighted by Gasteiger charge is 2.46. The molecule has 1 saturated heterocycles. The Bertz CT molecular complexity index is 1110. The summed E-state index contributed by atoms with van der Waals surface area (Å²) in [6.45, 7) is 4.74. The van der Waals surface area contributed by atoms with Crippen molar-refractivity contribution in [3.63, 3.8) is 0 Å². The maximum Gasteiger partial charge on any atom is 0.175 e. The van der Waals surface area contributed by atoms with Gasteiger partial charge in [0, 0.05) is 35.8 Å². The Morgan fingerprint density at radius 3 is 2.62 bits per heavy atom. The van der Waals surface area contributed by atoms with Crippen LogP contribution in [-0.2, 0) is 18.4 Å². The van der Waals surface area contributed by atoms with Crippen molar-refractivity contribution in [2.45, 2.75) is 63.3 Å². The van der Waals surface area contributed by atoms with Gasteiger partial charge in [-0.05, 0) is 101 Å². The summed E-state index contributed by atoms with van der Waals surface area (Å²) in [5, 5.41) is 5.54. The molecule has 3 aliphatic rings. The van der Waals surface area contributed by atoms with Gasteiger partial charge in [0.05, 0.1) is 17.9 Å². The van der Waals surface area contributed by atoms with E-state index in [0.717, 1.165) is 53.5 Å². The van der Waals surface area contributed by atoms with Crippen molar-refractivity contribution < 1.29 is 9.26 Å². The van der Waals surface area contributed by atoms with Crippen molar-refractivity contribution in [3.8, 4) is 5.75 Å². The van der Waals surface area contributed by atoms with Gasteiger partial charge in [-0.3, -0.25) is 4.98 Å². The highest BCUT2D eigenvalue weighted by Crippen LogP contribution is 2.48. The molecule has 0 atom stereocenters. The Morgan fingerprint density at radius 1 is 1.06 bits per heavy atom. The number of hydrogen-bond donors (Lipinski definition) is 1. The highest BCUT2D eigenvalue weighted by molar-refractivity contribution is 5.84. The Kier molecular flexibility index (Phi) is 6.04. The lowest BCUT2D eigenvalue weighted by Gasteiger charge is -2.34. The molecule has 0 spiro atoms. The number of nitrogens with zero attached hydrogens (tertiary/aromatic N) is 3. The van der Waals surface area contributed by atoms with E-state index in [0.29, 0.717) is 17.9 Å². The van der Waals surface area contributed by atoms with E-state index >= 15 is 0 Å². The normalized spacial score (nSPS) is 20.6. The molecule has 6 heteroatoms. The summed E-state index contributed by atoms with van der Waals surface area (Å²) >= 11 is 0. The van der Waals surface area contributed by atoms with E-state index in [1.54, 1.807) is 0 Å². The lowest BCUT2D eigenvalue weighted by Crippen LogP contribution is -2.39. The molecule has 0 bridgehead atoms. The van der Waals surface area contributed by atoms with Crippen LogP contribution in [0.15, 0.2) is 41.1 Å². The maximum atomic E-state index is 6.06. The quantitative estimate of drug-likeness (QED) is 0.466. The van der Waals surface area contributed by atoms with Crippen molar-refractivity contribution in [2.75, 3.05) is 26.2 Å². The van der Waals surface area contributed by atoms with E-state index in [9.17, 15) is 0 Å². The minimum atomic E-state index is 0.315. The van der Waals surface area contributed by atoms with Crippen LogP contribution in [0.4, 0.5) is 0 Å². The fourth-order valence-electron chi connectivity index (χ4n) is 5.62. The van der Waals surface area contributed by atoms with Crippen molar-refractivity contribution in [1.82, 2.24) is 15.0 Å². The van der Waals surface area contributed by atoms with Gasteiger partial charge in [0.15, 0.2) is 5.58 Å². The predicted molar refractivity (Wildman–Crippen MR) is 133 cm³/mol. The first kappa shape index (κ1) is 22.1. The monoisotopic (exact) mass is 460 g/mol. The van der Waals surface area contributed by atoms with Crippen LogP contribution in [0.25, 0.3) is 11.0 Å². The van der Waals surface area contributed by atoms with Gasteiger partial charge >= 0.3 is 0 Å². The Balaban J connectivity index is 1.03. The molecule has 34 heavy (non-hydrogen) atoms. The molecule has 3 heterocycles. The predicted octanol–water partition coefficient (Wildman–Crippen LogP) is 4.85. The first-order valence-electron chi connectivity index (χ1n) is 13.1. The molecule has 2 aliphatic carbocycles. The molecule has 6 nitrogen and oxygen atoms in total. The third-order valence-electron chi connectivity index (χ3n) is 8.24. The molecule has 2 saturated carbocycles. The number of aryl methyl sites for hydroxylation is 1. The van der Waals surface area contributed by atoms with Crippen LogP contribution in [0, 0.1) is 11.8 Å². The number of pyridine rings is 1. The maximum absolute atomic E-state index is 6.06. The number of aromatic nitrogens is 2. The van der Waals surface area contributed by atoms with Crippen LogP contribution in [-0.4, -0.2) is 41.3 Å². The molecule has 1 aromatic carbocycles. The number of fused-ring (bicyclic) bond motifs is 1. The average Bonchev–Trinajstić information content (AvgIpc) is 3.81. The largest absolute Gasteiger partial charge is 0.493 e. The number of likely N-dealkylation sites (tertiary alicyclic amines) is 1. The summed E-state index contributed by atoms with van der Waals surface area (Å²) < 4.78 is 11.8. The minimum absolute atomic E-state index is 0.315. The highest BCUT2D eigenvalue weighted by atomic mass is 16.5. The summed E-state index contributed by atoms with van der Waals surface area (Å²) in [6.07, 6.45) is 11.7. The van der Waals surface area contributed by atoms with Crippen molar-refractivity contribution in [1.29, 1.82) is 0 Å². The molecular formula is C28H36N4O2. The van der Waals surface area contributed by atoms with Gasteiger partial charge in [0.2, 0.25) is 0 Å². The van der Waals surface area contributed by atoms with Gasteiger partial charge < -0.3 is 19.9 Å². The van der Waals surface area contributed by atoms with Gasteiger partial charge in [0.25, 0.3) is 0 Å². The topological polar surface area (TPSA) is 77.4 Å². The SMILES string of the molecule is NCc1c(OCC2CC2)ccc2c(CCC3CCN(CC4(c5ccccn5)CC4)CC3)noc12.